The summed E-state index contributed by atoms with van der Waals surface area (Å²) in [6, 6.07) is 0.474. The zero-order valence-electron chi connectivity index (χ0n) is 6.99. The molecule has 1 unspecified atom stereocenters. The van der Waals surface area contributed by atoms with Gasteiger partial charge in [0, 0.05) is 48.3 Å². The quantitative estimate of drug-likeness (QED) is 0.489. The molecule has 2 aliphatic rings. The summed E-state index contributed by atoms with van der Waals surface area (Å²) in [4.78, 5) is 0. The first kappa shape index (κ1) is 9.12. The second-order valence-electron chi connectivity index (χ2n) is 4.32. The van der Waals surface area contributed by atoms with Crippen molar-refractivity contribution >= 4 is 22.9 Å². The Bertz CT molecular complexity index is 180. The van der Waals surface area contributed by atoms with Crippen molar-refractivity contribution in [1.82, 2.24) is 3.11 Å². The molecule has 1 heterocycles. The predicted octanol–water partition coefficient (Wildman–Crippen LogP) is 2.85. The van der Waals surface area contributed by atoms with Crippen LogP contribution < -0.4 is 0 Å². The van der Waals surface area contributed by atoms with E-state index in [4.69, 9.17) is 0 Å². The van der Waals surface area contributed by atoms with Crippen LogP contribution in [-0.2, 0) is 0 Å². The predicted molar refractivity (Wildman–Crippen MR) is 51.4 cm³/mol. The van der Waals surface area contributed by atoms with Gasteiger partial charge in [-0.25, -0.2) is 11.9 Å². The summed E-state index contributed by atoms with van der Waals surface area (Å²) >= 11 is 2.24. The van der Waals surface area contributed by atoms with Gasteiger partial charge in [0.05, 0.1) is 0 Å². The molecule has 1 saturated carbocycles. The molecule has 0 aromatic rings. The Kier molecular flexibility index (Phi) is 1.92. The van der Waals surface area contributed by atoms with E-state index < -0.39 is 5.92 Å². The minimum atomic E-state index is -2.36. The molecule has 0 radical (unpaired) electrons. The maximum atomic E-state index is 12.7. The largest absolute Gasteiger partial charge is 0.249 e. The second-order valence-corrected chi connectivity index (χ2v) is 5.56. The van der Waals surface area contributed by atoms with E-state index >= 15 is 0 Å². The first-order valence-electron chi connectivity index (χ1n) is 4.23. The molecule has 12 heavy (non-hydrogen) atoms. The first-order chi connectivity index (χ1) is 5.43. The molecule has 1 nitrogen and oxygen atoms in total. The van der Waals surface area contributed by atoms with Crippen molar-refractivity contribution in [3.8, 4) is 0 Å². The normalized spacial score (nSPS) is 38.5. The van der Waals surface area contributed by atoms with Crippen molar-refractivity contribution in [2.75, 3.05) is 6.54 Å². The topological polar surface area (TPSA) is 3.24 Å². The molecule has 1 aliphatic carbocycles. The summed E-state index contributed by atoms with van der Waals surface area (Å²) in [5.41, 5.74) is -0.0376. The van der Waals surface area contributed by atoms with Gasteiger partial charge in [-0.3, -0.25) is 0 Å². The van der Waals surface area contributed by atoms with Gasteiger partial charge in [0.15, 0.2) is 0 Å². The average molecular weight is 287 g/mol. The maximum Gasteiger partial charge on any atom is 0.249 e. The monoisotopic (exact) mass is 287 g/mol. The molecule has 0 aromatic heterocycles. The van der Waals surface area contributed by atoms with Crippen molar-refractivity contribution < 1.29 is 8.78 Å². The number of rotatable bonds is 0. The van der Waals surface area contributed by atoms with Crippen LogP contribution in [0.2, 0.25) is 0 Å². The van der Waals surface area contributed by atoms with E-state index in [0.29, 0.717) is 6.04 Å². The standard InChI is InChI=1S/C8H12F2IN/c1-6-2-7(5-12(6)11)3-8(9,10)4-7/h6H,2-5H2,1H3. The zero-order chi connectivity index (χ0) is 8.98. The molecule has 70 valence electrons. The Balaban J connectivity index is 2.01. The van der Waals surface area contributed by atoms with Crippen LogP contribution >= 0.6 is 22.9 Å². The molecule has 0 bridgehead atoms. The highest BCUT2D eigenvalue weighted by Gasteiger charge is 2.59. The van der Waals surface area contributed by atoms with Crippen molar-refractivity contribution in [3.63, 3.8) is 0 Å². The van der Waals surface area contributed by atoms with Gasteiger partial charge in [-0.2, -0.15) is 0 Å². The number of halogens is 3. The molecule has 4 heteroatoms. The molecular weight excluding hydrogens is 275 g/mol. The Morgan fingerprint density at radius 1 is 1.42 bits per heavy atom. The van der Waals surface area contributed by atoms with Gasteiger partial charge in [-0.05, 0) is 18.8 Å². The minimum absolute atomic E-state index is 0.0376. The Morgan fingerprint density at radius 2 is 2.00 bits per heavy atom. The lowest BCUT2D eigenvalue weighted by atomic mass is 9.65. The van der Waals surface area contributed by atoms with Crippen LogP contribution in [0.1, 0.15) is 26.2 Å². The fourth-order valence-corrected chi connectivity index (χ4v) is 3.49. The number of hydrogen-bond donors (Lipinski definition) is 0. The summed E-state index contributed by atoms with van der Waals surface area (Å²) in [6.07, 6.45) is 1.18. The third-order valence-corrected chi connectivity index (χ3v) is 4.25. The number of nitrogens with zero attached hydrogens (tertiary/aromatic N) is 1. The smallest absolute Gasteiger partial charge is 0.244 e. The third kappa shape index (κ3) is 1.36. The maximum absolute atomic E-state index is 12.7. The molecule has 1 saturated heterocycles. The molecule has 1 spiro atoms. The number of hydrogen-bond acceptors (Lipinski definition) is 1. The van der Waals surface area contributed by atoms with Crippen LogP contribution in [0.4, 0.5) is 8.78 Å². The SMILES string of the molecule is CC1CC2(CN1I)CC(F)(F)C2. The van der Waals surface area contributed by atoms with E-state index in [-0.39, 0.29) is 18.3 Å². The Morgan fingerprint density at radius 3 is 2.33 bits per heavy atom. The summed E-state index contributed by atoms with van der Waals surface area (Å²) in [7, 11) is 0. The van der Waals surface area contributed by atoms with Gasteiger partial charge in [0.2, 0.25) is 5.92 Å². The van der Waals surface area contributed by atoms with Crippen molar-refractivity contribution in [1.29, 1.82) is 0 Å². The summed E-state index contributed by atoms with van der Waals surface area (Å²) in [6.45, 7) is 2.96. The van der Waals surface area contributed by atoms with Crippen molar-refractivity contribution in [2.45, 2.75) is 38.2 Å². The Labute approximate surface area is 85.0 Å². The lowest BCUT2D eigenvalue weighted by Crippen LogP contribution is -2.46. The molecule has 0 amide bonds. The van der Waals surface area contributed by atoms with Gasteiger partial charge >= 0.3 is 0 Å². The fourth-order valence-electron chi connectivity index (χ4n) is 2.57. The number of alkyl halides is 2. The summed E-state index contributed by atoms with van der Waals surface area (Å²) in [5.74, 6) is -2.36. The highest BCUT2D eigenvalue weighted by molar-refractivity contribution is 14.1. The highest BCUT2D eigenvalue weighted by Crippen LogP contribution is 2.58. The summed E-state index contributed by atoms with van der Waals surface area (Å²) in [5, 5.41) is 0. The van der Waals surface area contributed by atoms with Crippen LogP contribution in [0, 0.1) is 5.41 Å². The van der Waals surface area contributed by atoms with Crippen LogP contribution in [-0.4, -0.2) is 21.6 Å². The van der Waals surface area contributed by atoms with Gasteiger partial charge in [-0.1, -0.05) is 0 Å². The third-order valence-electron chi connectivity index (χ3n) is 2.96. The first-order valence-corrected chi connectivity index (χ1v) is 5.19. The average Bonchev–Trinajstić information content (AvgIpc) is 2.04. The van der Waals surface area contributed by atoms with E-state index in [1.165, 1.54) is 0 Å². The highest BCUT2D eigenvalue weighted by atomic mass is 127. The van der Waals surface area contributed by atoms with Crippen molar-refractivity contribution in [2.24, 2.45) is 5.41 Å². The molecule has 1 aliphatic heterocycles. The van der Waals surface area contributed by atoms with Crippen LogP contribution in [0.25, 0.3) is 0 Å². The van der Waals surface area contributed by atoms with E-state index in [2.05, 4.69) is 32.9 Å². The lowest BCUT2D eigenvalue weighted by Gasteiger charge is -2.44. The molecule has 0 N–H and O–H groups in total. The van der Waals surface area contributed by atoms with Gasteiger partial charge in [-0.15, -0.1) is 0 Å². The van der Waals surface area contributed by atoms with E-state index in [0.717, 1.165) is 13.0 Å². The van der Waals surface area contributed by atoms with Gasteiger partial charge in [0.25, 0.3) is 0 Å². The molecular formula is C8H12F2IN. The van der Waals surface area contributed by atoms with E-state index in [1.807, 2.05) is 0 Å². The van der Waals surface area contributed by atoms with Gasteiger partial charge in [0.1, 0.15) is 0 Å². The van der Waals surface area contributed by atoms with Gasteiger partial charge < -0.3 is 0 Å². The molecule has 0 aromatic carbocycles. The van der Waals surface area contributed by atoms with E-state index in [1.54, 1.807) is 0 Å². The van der Waals surface area contributed by atoms with Crippen LogP contribution in [0.15, 0.2) is 0 Å². The van der Waals surface area contributed by atoms with E-state index in [9.17, 15) is 8.78 Å². The Hall–Kier alpha value is 0.550. The zero-order valence-corrected chi connectivity index (χ0v) is 9.14. The minimum Gasteiger partial charge on any atom is -0.244 e. The fraction of sp³-hybridized carbons (Fsp3) is 1.00. The molecule has 2 fully saturated rings. The molecule has 2 rings (SSSR count). The summed E-state index contributed by atoms with van der Waals surface area (Å²) < 4.78 is 27.5. The van der Waals surface area contributed by atoms with Crippen molar-refractivity contribution in [3.05, 3.63) is 0 Å². The van der Waals surface area contributed by atoms with Crippen LogP contribution in [0.5, 0.6) is 0 Å². The second kappa shape index (κ2) is 2.53. The lowest BCUT2D eigenvalue weighted by molar-refractivity contribution is -0.154. The van der Waals surface area contributed by atoms with Crippen LogP contribution in [0.3, 0.4) is 0 Å². The molecule has 1 atom stereocenters.